The third kappa shape index (κ3) is 3.83. The van der Waals surface area contributed by atoms with E-state index >= 15 is 0 Å². The van der Waals surface area contributed by atoms with Gasteiger partial charge in [-0.3, -0.25) is 9.59 Å². The van der Waals surface area contributed by atoms with E-state index in [2.05, 4.69) is 5.32 Å². The summed E-state index contributed by atoms with van der Waals surface area (Å²) in [6.07, 6.45) is 0.101. The molecule has 2 heterocycles. The predicted octanol–water partition coefficient (Wildman–Crippen LogP) is 1.63. The number of ether oxygens (including phenoxy) is 1. The van der Waals surface area contributed by atoms with Crippen molar-refractivity contribution in [2.75, 3.05) is 18.0 Å². The van der Waals surface area contributed by atoms with Crippen molar-refractivity contribution in [3.05, 3.63) is 48.4 Å². The molecule has 1 aliphatic heterocycles. The van der Waals surface area contributed by atoms with Gasteiger partial charge in [-0.25, -0.2) is 0 Å². The van der Waals surface area contributed by atoms with Gasteiger partial charge in [-0.2, -0.15) is 0 Å². The number of carbonyl (C=O) groups is 2. The molecular formula is C18H20N2O5. The Morgan fingerprint density at radius 3 is 2.88 bits per heavy atom. The molecule has 2 aromatic rings. The standard InChI is InChI=1S/C18H20N2O5/c1-12-18(23)20(13-5-2-3-6-15(13)25-12)9-8-17(22)19-11-14(21)16-7-4-10-24-16/h2-7,10,12,14,21H,8-9,11H2,1H3,(H,19,22). The first-order valence-electron chi connectivity index (χ1n) is 8.11. The highest BCUT2D eigenvalue weighted by Gasteiger charge is 2.31. The number of amides is 2. The van der Waals surface area contributed by atoms with Crippen molar-refractivity contribution in [2.45, 2.75) is 25.6 Å². The SMILES string of the molecule is CC1Oc2ccccc2N(CCC(=O)NCC(O)c2ccco2)C1=O. The normalized spacial score (nSPS) is 17.6. The largest absolute Gasteiger partial charge is 0.479 e. The zero-order valence-electron chi connectivity index (χ0n) is 13.8. The Kier molecular flexibility index (Phi) is 5.04. The number of nitrogens with zero attached hydrogens (tertiary/aromatic N) is 1. The molecule has 1 aromatic carbocycles. The second kappa shape index (κ2) is 7.40. The fourth-order valence-electron chi connectivity index (χ4n) is 2.68. The Labute approximate surface area is 145 Å². The van der Waals surface area contributed by atoms with Crippen molar-refractivity contribution < 1.29 is 23.8 Å². The van der Waals surface area contributed by atoms with Crippen LogP contribution in [0.25, 0.3) is 0 Å². The predicted molar refractivity (Wildman–Crippen MR) is 90.2 cm³/mol. The summed E-state index contributed by atoms with van der Waals surface area (Å²) in [6.45, 7) is 1.98. The Balaban J connectivity index is 1.55. The number of furan rings is 1. The number of para-hydroxylation sites is 2. The van der Waals surface area contributed by atoms with Crippen LogP contribution < -0.4 is 15.0 Å². The number of hydrogen-bond donors (Lipinski definition) is 2. The molecular weight excluding hydrogens is 324 g/mol. The van der Waals surface area contributed by atoms with Crippen LogP contribution in [0.5, 0.6) is 5.75 Å². The molecule has 0 aliphatic carbocycles. The van der Waals surface area contributed by atoms with Gasteiger partial charge in [0, 0.05) is 13.0 Å². The highest BCUT2D eigenvalue weighted by Crippen LogP contribution is 2.33. The molecule has 7 nitrogen and oxygen atoms in total. The van der Waals surface area contributed by atoms with E-state index in [0.29, 0.717) is 17.2 Å². The van der Waals surface area contributed by atoms with Crippen LogP contribution in [0.3, 0.4) is 0 Å². The average molecular weight is 344 g/mol. The summed E-state index contributed by atoms with van der Waals surface area (Å²) in [6, 6.07) is 10.5. The number of nitrogens with one attached hydrogen (secondary N) is 1. The van der Waals surface area contributed by atoms with Gasteiger partial charge in [-0.15, -0.1) is 0 Å². The molecule has 0 saturated heterocycles. The van der Waals surface area contributed by atoms with E-state index in [1.165, 1.54) is 6.26 Å². The minimum absolute atomic E-state index is 0.0520. The van der Waals surface area contributed by atoms with Crippen LogP contribution in [-0.2, 0) is 9.59 Å². The molecule has 0 fully saturated rings. The lowest BCUT2D eigenvalue weighted by Crippen LogP contribution is -2.45. The molecule has 7 heteroatoms. The molecule has 0 bridgehead atoms. The van der Waals surface area contributed by atoms with Crippen LogP contribution in [0.2, 0.25) is 0 Å². The van der Waals surface area contributed by atoms with Gasteiger partial charge in [0.15, 0.2) is 6.10 Å². The summed E-state index contributed by atoms with van der Waals surface area (Å²) in [7, 11) is 0. The van der Waals surface area contributed by atoms with E-state index in [9.17, 15) is 14.7 Å². The maximum atomic E-state index is 12.3. The molecule has 0 radical (unpaired) electrons. The van der Waals surface area contributed by atoms with Crippen molar-refractivity contribution >= 4 is 17.5 Å². The first-order chi connectivity index (χ1) is 12.1. The average Bonchev–Trinajstić information content (AvgIpc) is 3.15. The second-order valence-electron chi connectivity index (χ2n) is 5.80. The van der Waals surface area contributed by atoms with E-state index in [1.807, 2.05) is 12.1 Å². The Bertz CT molecular complexity index is 744. The topological polar surface area (TPSA) is 92.0 Å². The molecule has 0 saturated carbocycles. The van der Waals surface area contributed by atoms with Gasteiger partial charge in [0.05, 0.1) is 18.5 Å². The monoisotopic (exact) mass is 344 g/mol. The van der Waals surface area contributed by atoms with E-state index in [4.69, 9.17) is 9.15 Å². The van der Waals surface area contributed by atoms with Gasteiger partial charge in [-0.05, 0) is 31.2 Å². The highest BCUT2D eigenvalue weighted by atomic mass is 16.5. The van der Waals surface area contributed by atoms with Crippen LogP contribution in [0.4, 0.5) is 5.69 Å². The number of benzene rings is 1. The van der Waals surface area contributed by atoms with Crippen LogP contribution in [0.1, 0.15) is 25.2 Å². The minimum Gasteiger partial charge on any atom is -0.479 e. The number of hydrogen-bond acceptors (Lipinski definition) is 5. The van der Waals surface area contributed by atoms with Crippen LogP contribution in [-0.4, -0.2) is 36.1 Å². The summed E-state index contributed by atoms with van der Waals surface area (Å²) in [5.41, 5.74) is 0.661. The second-order valence-corrected chi connectivity index (χ2v) is 5.80. The lowest BCUT2D eigenvalue weighted by molar-refractivity contribution is -0.125. The van der Waals surface area contributed by atoms with Gasteiger partial charge >= 0.3 is 0 Å². The third-order valence-electron chi connectivity index (χ3n) is 4.00. The maximum absolute atomic E-state index is 12.3. The van der Waals surface area contributed by atoms with Crippen LogP contribution in [0.15, 0.2) is 47.1 Å². The number of aliphatic hydroxyl groups excluding tert-OH is 1. The Hall–Kier alpha value is -2.80. The maximum Gasteiger partial charge on any atom is 0.267 e. The smallest absolute Gasteiger partial charge is 0.267 e. The van der Waals surface area contributed by atoms with Gasteiger partial charge in [0.1, 0.15) is 17.6 Å². The van der Waals surface area contributed by atoms with Crippen molar-refractivity contribution in [2.24, 2.45) is 0 Å². The third-order valence-corrected chi connectivity index (χ3v) is 4.00. The molecule has 2 amide bonds. The van der Waals surface area contributed by atoms with Gasteiger partial charge < -0.3 is 24.5 Å². The van der Waals surface area contributed by atoms with Gasteiger partial charge in [0.25, 0.3) is 5.91 Å². The number of carbonyl (C=O) groups excluding carboxylic acids is 2. The van der Waals surface area contributed by atoms with Crippen molar-refractivity contribution in [3.8, 4) is 5.75 Å². The summed E-state index contributed by atoms with van der Waals surface area (Å²) in [5, 5.41) is 12.5. The van der Waals surface area contributed by atoms with Crippen molar-refractivity contribution in [1.82, 2.24) is 5.32 Å². The molecule has 0 spiro atoms. The molecule has 132 valence electrons. The Morgan fingerprint density at radius 1 is 1.32 bits per heavy atom. The van der Waals surface area contributed by atoms with E-state index in [-0.39, 0.29) is 31.3 Å². The van der Waals surface area contributed by atoms with E-state index in [1.54, 1.807) is 36.1 Å². The molecule has 1 aliphatic rings. The fraction of sp³-hybridized carbons (Fsp3) is 0.333. The number of anilines is 1. The number of aliphatic hydroxyl groups is 1. The van der Waals surface area contributed by atoms with E-state index in [0.717, 1.165) is 0 Å². The summed E-state index contributed by atoms with van der Waals surface area (Å²) < 4.78 is 10.6. The van der Waals surface area contributed by atoms with Gasteiger partial charge in [0.2, 0.25) is 5.91 Å². The summed E-state index contributed by atoms with van der Waals surface area (Å²) in [5.74, 6) is 0.590. The Morgan fingerprint density at radius 2 is 2.12 bits per heavy atom. The number of rotatable bonds is 6. The molecule has 1 aromatic heterocycles. The van der Waals surface area contributed by atoms with Crippen molar-refractivity contribution in [3.63, 3.8) is 0 Å². The first-order valence-corrected chi connectivity index (χ1v) is 8.11. The number of fused-ring (bicyclic) bond motifs is 1. The fourth-order valence-corrected chi connectivity index (χ4v) is 2.68. The molecule has 2 atom stereocenters. The van der Waals surface area contributed by atoms with Gasteiger partial charge in [-0.1, -0.05) is 12.1 Å². The quantitative estimate of drug-likeness (QED) is 0.831. The highest BCUT2D eigenvalue weighted by molar-refractivity contribution is 6.00. The molecule has 2 N–H and O–H groups in total. The van der Waals surface area contributed by atoms with Crippen LogP contribution in [0, 0.1) is 0 Å². The molecule has 2 unspecified atom stereocenters. The summed E-state index contributed by atoms with van der Waals surface area (Å²) in [4.78, 5) is 25.9. The van der Waals surface area contributed by atoms with E-state index < -0.39 is 12.2 Å². The minimum atomic E-state index is -0.898. The summed E-state index contributed by atoms with van der Waals surface area (Å²) >= 11 is 0. The molecule has 25 heavy (non-hydrogen) atoms. The molecule has 3 rings (SSSR count). The van der Waals surface area contributed by atoms with Crippen molar-refractivity contribution in [1.29, 1.82) is 0 Å². The lowest BCUT2D eigenvalue weighted by Gasteiger charge is -2.32. The zero-order valence-corrected chi connectivity index (χ0v) is 13.8. The van der Waals surface area contributed by atoms with Crippen LogP contribution >= 0.6 is 0 Å². The first kappa shape index (κ1) is 17.0. The zero-order chi connectivity index (χ0) is 17.8. The lowest BCUT2D eigenvalue weighted by atomic mass is 10.1.